The molecule has 1 heterocycles. The van der Waals surface area contributed by atoms with Crippen molar-refractivity contribution >= 4 is 12.2 Å². The van der Waals surface area contributed by atoms with Gasteiger partial charge < -0.3 is 10.1 Å². The molecule has 2 rings (SSSR count). The van der Waals surface area contributed by atoms with Crippen LogP contribution in [0, 0.1) is 0 Å². The molecule has 0 fully saturated rings. The van der Waals surface area contributed by atoms with Crippen molar-refractivity contribution in [3.63, 3.8) is 0 Å². The first-order valence-corrected chi connectivity index (χ1v) is 7.08. The van der Waals surface area contributed by atoms with Crippen molar-refractivity contribution in [3.05, 3.63) is 74.3 Å². The summed E-state index contributed by atoms with van der Waals surface area (Å²) in [6.45, 7) is 0.579. The van der Waals surface area contributed by atoms with Crippen molar-refractivity contribution in [1.82, 2.24) is 15.5 Å². The van der Waals surface area contributed by atoms with Gasteiger partial charge in [0.15, 0.2) is 0 Å². The summed E-state index contributed by atoms with van der Waals surface area (Å²) >= 11 is 0. The molecule has 1 amide bonds. The van der Waals surface area contributed by atoms with Gasteiger partial charge in [0.1, 0.15) is 6.61 Å². The Morgan fingerprint density at radius 3 is 2.74 bits per heavy atom. The van der Waals surface area contributed by atoms with Crippen LogP contribution in [0.25, 0.3) is 6.08 Å². The molecule has 0 spiro atoms. The molecule has 0 atom stereocenters. The summed E-state index contributed by atoms with van der Waals surface area (Å²) in [5.74, 6) is 0. The van der Waals surface area contributed by atoms with Crippen LogP contribution in [0.5, 0.6) is 0 Å². The van der Waals surface area contributed by atoms with Crippen LogP contribution in [0.2, 0.25) is 0 Å². The molecule has 23 heavy (non-hydrogen) atoms. The average molecular weight is 315 g/mol. The Bertz CT molecular complexity index is 778. The van der Waals surface area contributed by atoms with E-state index in [4.69, 9.17) is 4.74 Å². The highest BCUT2D eigenvalue weighted by Crippen LogP contribution is 2.00. The molecule has 0 bridgehead atoms. The summed E-state index contributed by atoms with van der Waals surface area (Å²) in [7, 11) is 0. The zero-order chi connectivity index (χ0) is 16.5. The van der Waals surface area contributed by atoms with Gasteiger partial charge >= 0.3 is 6.09 Å². The molecular formula is C16H17N3O4. The number of ether oxygens (including phenoxy) is 1. The van der Waals surface area contributed by atoms with E-state index in [1.165, 1.54) is 12.1 Å². The van der Waals surface area contributed by atoms with E-state index in [9.17, 15) is 14.4 Å². The van der Waals surface area contributed by atoms with Gasteiger partial charge in [-0.1, -0.05) is 42.5 Å². The summed E-state index contributed by atoms with van der Waals surface area (Å²) in [5, 5.41) is 7.01. The van der Waals surface area contributed by atoms with Gasteiger partial charge in [0.05, 0.1) is 0 Å². The van der Waals surface area contributed by atoms with E-state index in [0.717, 1.165) is 5.56 Å². The number of rotatable bonds is 6. The van der Waals surface area contributed by atoms with Crippen LogP contribution in [0.4, 0.5) is 4.79 Å². The van der Waals surface area contributed by atoms with Gasteiger partial charge in [-0.25, -0.2) is 4.79 Å². The Balaban J connectivity index is 1.69. The van der Waals surface area contributed by atoms with E-state index < -0.39 is 6.09 Å². The fourth-order valence-corrected chi connectivity index (χ4v) is 1.80. The molecule has 7 heteroatoms. The molecule has 0 saturated carbocycles. The molecule has 2 aromatic rings. The number of nitrogens with one attached hydrogen (secondary N) is 3. The number of aromatic amines is 2. The quantitative estimate of drug-likeness (QED) is 0.701. The van der Waals surface area contributed by atoms with Crippen LogP contribution in [-0.2, 0) is 11.3 Å². The second-order valence-corrected chi connectivity index (χ2v) is 4.72. The first kappa shape index (κ1) is 16.3. The molecule has 0 radical (unpaired) electrons. The lowest BCUT2D eigenvalue weighted by Crippen LogP contribution is -2.24. The standard InChI is InChI=1S/C16H17N3O4/c20-14-10-13(15(21)19-18-14)8-4-5-9-17-16(22)23-11-12-6-2-1-3-7-12/h1-4,6-8,10H,5,9,11H2,(H,17,22)(H,18,20)(H,19,21). The fourth-order valence-electron chi connectivity index (χ4n) is 1.80. The number of carbonyl (C=O) groups is 1. The molecule has 0 saturated heterocycles. The number of H-pyrrole nitrogens is 2. The van der Waals surface area contributed by atoms with Gasteiger partial charge in [-0.2, -0.15) is 0 Å². The summed E-state index contributed by atoms with van der Waals surface area (Å²) in [6, 6.07) is 10.6. The van der Waals surface area contributed by atoms with Crippen LogP contribution in [0.15, 0.2) is 52.1 Å². The van der Waals surface area contributed by atoms with Gasteiger partial charge in [-0.05, 0) is 12.0 Å². The summed E-state index contributed by atoms with van der Waals surface area (Å²) in [4.78, 5) is 34.0. The largest absolute Gasteiger partial charge is 0.445 e. The van der Waals surface area contributed by atoms with Crippen molar-refractivity contribution in [2.75, 3.05) is 6.54 Å². The summed E-state index contributed by atoms with van der Waals surface area (Å²) < 4.78 is 5.05. The molecule has 1 aromatic heterocycles. The zero-order valence-electron chi connectivity index (χ0n) is 12.4. The van der Waals surface area contributed by atoms with E-state index in [-0.39, 0.29) is 23.3 Å². The third kappa shape index (κ3) is 5.66. The first-order valence-electron chi connectivity index (χ1n) is 7.08. The molecule has 120 valence electrons. The minimum atomic E-state index is -0.503. The minimum Gasteiger partial charge on any atom is -0.445 e. The number of hydrogen-bond donors (Lipinski definition) is 3. The number of aromatic nitrogens is 2. The number of benzene rings is 1. The van der Waals surface area contributed by atoms with Gasteiger partial charge in [-0.15, -0.1) is 0 Å². The van der Waals surface area contributed by atoms with Gasteiger partial charge in [-0.3, -0.25) is 19.8 Å². The molecule has 0 unspecified atom stereocenters. The lowest BCUT2D eigenvalue weighted by Gasteiger charge is -2.05. The highest BCUT2D eigenvalue weighted by Gasteiger charge is 2.01. The molecule has 0 aliphatic carbocycles. The van der Waals surface area contributed by atoms with Crippen LogP contribution in [0.3, 0.4) is 0 Å². The van der Waals surface area contributed by atoms with E-state index >= 15 is 0 Å². The Hall–Kier alpha value is -3.09. The lowest BCUT2D eigenvalue weighted by atomic mass is 10.2. The maximum atomic E-state index is 11.5. The monoisotopic (exact) mass is 315 g/mol. The Morgan fingerprint density at radius 1 is 1.17 bits per heavy atom. The third-order valence-corrected chi connectivity index (χ3v) is 2.94. The van der Waals surface area contributed by atoms with E-state index in [1.807, 2.05) is 30.3 Å². The maximum Gasteiger partial charge on any atom is 0.407 e. The first-order chi connectivity index (χ1) is 11.1. The molecule has 7 nitrogen and oxygen atoms in total. The van der Waals surface area contributed by atoms with Crippen LogP contribution < -0.4 is 16.4 Å². The van der Waals surface area contributed by atoms with E-state index in [2.05, 4.69) is 15.5 Å². The molecular weight excluding hydrogens is 298 g/mol. The number of hydrogen-bond acceptors (Lipinski definition) is 4. The summed E-state index contributed by atoms with van der Waals surface area (Å²) in [5.41, 5.74) is 0.416. The van der Waals surface area contributed by atoms with Crippen molar-refractivity contribution in [3.8, 4) is 0 Å². The number of amides is 1. The van der Waals surface area contributed by atoms with Crippen LogP contribution in [-0.4, -0.2) is 22.8 Å². The van der Waals surface area contributed by atoms with Gasteiger partial charge in [0.25, 0.3) is 11.1 Å². The van der Waals surface area contributed by atoms with Crippen molar-refractivity contribution in [2.45, 2.75) is 13.0 Å². The minimum absolute atomic E-state index is 0.213. The van der Waals surface area contributed by atoms with Crippen molar-refractivity contribution in [2.24, 2.45) is 0 Å². The van der Waals surface area contributed by atoms with E-state index in [0.29, 0.717) is 13.0 Å². The third-order valence-electron chi connectivity index (χ3n) is 2.94. The Morgan fingerprint density at radius 2 is 1.96 bits per heavy atom. The molecule has 3 N–H and O–H groups in total. The van der Waals surface area contributed by atoms with Crippen molar-refractivity contribution in [1.29, 1.82) is 0 Å². The van der Waals surface area contributed by atoms with Crippen LogP contribution >= 0.6 is 0 Å². The molecule has 0 aliphatic rings. The highest BCUT2D eigenvalue weighted by atomic mass is 16.5. The Labute approximate surface area is 132 Å². The van der Waals surface area contributed by atoms with Gasteiger partial charge in [0.2, 0.25) is 0 Å². The van der Waals surface area contributed by atoms with E-state index in [1.54, 1.807) is 6.08 Å². The van der Waals surface area contributed by atoms with Gasteiger partial charge in [0, 0.05) is 18.2 Å². The number of carbonyl (C=O) groups excluding carboxylic acids is 1. The fraction of sp³-hybridized carbons (Fsp3) is 0.188. The molecule has 1 aromatic carbocycles. The van der Waals surface area contributed by atoms with Crippen LogP contribution in [0.1, 0.15) is 17.5 Å². The SMILES string of the molecule is O=C(NCCC=Cc1cc(=O)[nH][nH]c1=O)OCc1ccccc1. The second-order valence-electron chi connectivity index (χ2n) is 4.72. The predicted molar refractivity (Wildman–Crippen MR) is 86.0 cm³/mol. The lowest BCUT2D eigenvalue weighted by molar-refractivity contribution is 0.140. The topological polar surface area (TPSA) is 104 Å². The zero-order valence-corrected chi connectivity index (χ0v) is 12.4. The highest BCUT2D eigenvalue weighted by molar-refractivity contribution is 5.67. The Kier molecular flexibility index (Phi) is 5.93. The predicted octanol–water partition coefficient (Wildman–Crippen LogP) is 1.39. The normalized spacial score (nSPS) is 10.6. The molecule has 0 aliphatic heterocycles. The average Bonchev–Trinajstić information content (AvgIpc) is 2.56. The number of alkyl carbamates (subject to hydrolysis) is 1. The van der Waals surface area contributed by atoms with Crippen molar-refractivity contribution < 1.29 is 9.53 Å². The summed E-state index contributed by atoms with van der Waals surface area (Å²) in [6.07, 6.45) is 3.23. The smallest absolute Gasteiger partial charge is 0.407 e. The maximum absolute atomic E-state index is 11.5. The second kappa shape index (κ2) is 8.38.